The Bertz CT molecular complexity index is 894. The number of benzene rings is 2. The number of anilines is 2. The molecule has 0 fully saturated rings. The first-order chi connectivity index (χ1) is 14.2. The van der Waals surface area contributed by atoms with E-state index in [9.17, 15) is 14.4 Å². The summed E-state index contributed by atoms with van der Waals surface area (Å²) in [4.78, 5) is 38.5. The number of hydrogen-bond acceptors (Lipinski definition) is 4. The molecule has 2 aromatic carbocycles. The van der Waals surface area contributed by atoms with Crippen LogP contribution in [0.1, 0.15) is 36.2 Å². The van der Waals surface area contributed by atoms with Crippen LogP contribution < -0.4 is 15.5 Å². The zero-order valence-electron chi connectivity index (χ0n) is 18.1. The topological polar surface area (TPSA) is 87.7 Å². The number of amides is 3. The molecule has 0 saturated heterocycles. The maximum atomic E-state index is 12.9. The molecule has 160 valence electrons. The predicted octanol–water partition coefficient (Wildman–Crippen LogP) is 3.98. The maximum Gasteiger partial charge on any atom is 0.413 e. The van der Waals surface area contributed by atoms with Gasteiger partial charge in [0.15, 0.2) is 0 Å². The fraction of sp³-hybridized carbons (Fsp3) is 0.348. The van der Waals surface area contributed by atoms with Gasteiger partial charge in [-0.15, -0.1) is 0 Å². The third kappa shape index (κ3) is 6.07. The molecule has 3 amide bonds. The highest BCUT2D eigenvalue weighted by atomic mass is 16.5. The van der Waals surface area contributed by atoms with E-state index in [-0.39, 0.29) is 17.7 Å². The quantitative estimate of drug-likeness (QED) is 0.721. The summed E-state index contributed by atoms with van der Waals surface area (Å²) in [5, 5.41) is 5.70. The number of hydrogen-bond donors (Lipinski definition) is 2. The molecule has 2 aromatic rings. The largest absolute Gasteiger partial charge is 0.452 e. The van der Waals surface area contributed by atoms with E-state index in [1.807, 2.05) is 32.9 Å². The van der Waals surface area contributed by atoms with Gasteiger partial charge in [0.05, 0.1) is 7.11 Å². The summed E-state index contributed by atoms with van der Waals surface area (Å²) in [6.07, 6.45) is 0.0230. The van der Waals surface area contributed by atoms with Crippen LogP contribution in [-0.4, -0.2) is 38.1 Å². The van der Waals surface area contributed by atoms with Crippen molar-refractivity contribution in [1.29, 1.82) is 0 Å². The van der Waals surface area contributed by atoms with E-state index in [1.165, 1.54) is 12.0 Å². The minimum atomic E-state index is -0.672. The number of aryl methyl sites for hydroxylation is 1. The highest BCUT2D eigenvalue weighted by molar-refractivity contribution is 6.02. The van der Waals surface area contributed by atoms with Crippen molar-refractivity contribution >= 4 is 29.3 Å². The molecule has 0 heterocycles. The number of nitrogens with one attached hydrogen (secondary N) is 2. The van der Waals surface area contributed by atoms with E-state index >= 15 is 0 Å². The van der Waals surface area contributed by atoms with Crippen molar-refractivity contribution in [3.63, 3.8) is 0 Å². The van der Waals surface area contributed by atoms with E-state index in [4.69, 9.17) is 0 Å². The normalized spacial score (nSPS) is 11.5. The predicted molar refractivity (Wildman–Crippen MR) is 118 cm³/mol. The number of carbonyl (C=O) groups excluding carboxylic acids is 3. The Morgan fingerprint density at radius 2 is 1.67 bits per heavy atom. The molecule has 1 unspecified atom stereocenters. The molecule has 0 aliphatic heterocycles. The molecule has 1 atom stereocenters. The van der Waals surface area contributed by atoms with Crippen molar-refractivity contribution < 1.29 is 19.1 Å². The number of methoxy groups -OCH3 is 1. The van der Waals surface area contributed by atoms with Crippen LogP contribution in [0.3, 0.4) is 0 Å². The Balaban J connectivity index is 2.10. The van der Waals surface area contributed by atoms with Gasteiger partial charge in [0.1, 0.15) is 6.04 Å². The van der Waals surface area contributed by atoms with E-state index < -0.39 is 12.1 Å². The highest BCUT2D eigenvalue weighted by Crippen LogP contribution is 2.18. The van der Waals surface area contributed by atoms with Gasteiger partial charge in [-0.1, -0.05) is 32.0 Å². The van der Waals surface area contributed by atoms with Crippen LogP contribution in [0.25, 0.3) is 0 Å². The van der Waals surface area contributed by atoms with E-state index in [0.717, 1.165) is 5.56 Å². The van der Waals surface area contributed by atoms with Crippen molar-refractivity contribution in [2.75, 3.05) is 24.4 Å². The average Bonchev–Trinajstić information content (AvgIpc) is 2.72. The molecule has 2 rings (SSSR count). The lowest BCUT2D eigenvalue weighted by molar-refractivity contribution is -0.118. The fourth-order valence-electron chi connectivity index (χ4n) is 3.01. The third-order valence-electron chi connectivity index (χ3n) is 4.69. The van der Waals surface area contributed by atoms with Crippen LogP contribution in [0.15, 0.2) is 48.5 Å². The molecule has 0 spiro atoms. The summed E-state index contributed by atoms with van der Waals surface area (Å²) in [7, 11) is 2.91. The monoisotopic (exact) mass is 411 g/mol. The summed E-state index contributed by atoms with van der Waals surface area (Å²) in [5.74, 6) is -0.349. The Kier molecular flexibility index (Phi) is 7.98. The molecule has 7 heteroatoms. The second kappa shape index (κ2) is 10.4. The van der Waals surface area contributed by atoms with Gasteiger partial charge in [-0.05, 0) is 55.2 Å². The number of nitrogens with zero attached hydrogens (tertiary/aromatic N) is 1. The second-order valence-electron chi connectivity index (χ2n) is 7.54. The first kappa shape index (κ1) is 22.9. The van der Waals surface area contributed by atoms with Gasteiger partial charge in [-0.3, -0.25) is 14.5 Å². The first-order valence-corrected chi connectivity index (χ1v) is 9.82. The van der Waals surface area contributed by atoms with Gasteiger partial charge in [-0.25, -0.2) is 4.79 Å². The Morgan fingerprint density at radius 1 is 1.03 bits per heavy atom. The van der Waals surface area contributed by atoms with Crippen LogP contribution in [0.4, 0.5) is 16.2 Å². The molecular formula is C23H29N3O4. The number of rotatable bonds is 7. The highest BCUT2D eigenvalue weighted by Gasteiger charge is 2.23. The smallest absolute Gasteiger partial charge is 0.413 e. The standard InChI is InChI=1S/C23H29N3O4/c1-15(2)14-20(25-21(27)19-9-7-6-8-16(19)3)22(28)24-17-10-12-18(13-11-17)26(4)23(29)30-5/h6-13,15,20H,14H2,1-5H3,(H,24,28)(H,25,27). The van der Waals surface area contributed by atoms with Crippen molar-refractivity contribution in [1.82, 2.24) is 5.32 Å². The number of carbonyl (C=O) groups is 3. The van der Waals surface area contributed by atoms with Gasteiger partial charge in [0, 0.05) is 24.0 Å². The van der Waals surface area contributed by atoms with Gasteiger partial charge in [0.25, 0.3) is 5.91 Å². The van der Waals surface area contributed by atoms with Crippen molar-refractivity contribution in [3.8, 4) is 0 Å². The van der Waals surface area contributed by atoms with E-state index in [1.54, 1.807) is 43.4 Å². The van der Waals surface area contributed by atoms with Crippen molar-refractivity contribution in [2.45, 2.75) is 33.2 Å². The Labute approximate surface area is 177 Å². The zero-order valence-corrected chi connectivity index (χ0v) is 18.1. The molecule has 7 nitrogen and oxygen atoms in total. The molecule has 0 bridgehead atoms. The summed E-state index contributed by atoms with van der Waals surface area (Å²) >= 11 is 0. The second-order valence-corrected chi connectivity index (χ2v) is 7.54. The lowest BCUT2D eigenvalue weighted by Gasteiger charge is -2.21. The average molecular weight is 412 g/mol. The van der Waals surface area contributed by atoms with Crippen molar-refractivity contribution in [3.05, 3.63) is 59.7 Å². The molecule has 0 radical (unpaired) electrons. The SMILES string of the molecule is COC(=O)N(C)c1ccc(NC(=O)C(CC(C)C)NC(=O)c2ccccc2C)cc1. The van der Waals surface area contributed by atoms with Crippen LogP contribution in [0, 0.1) is 12.8 Å². The van der Waals surface area contributed by atoms with Gasteiger partial charge in [0.2, 0.25) is 5.91 Å². The van der Waals surface area contributed by atoms with Crippen molar-refractivity contribution in [2.24, 2.45) is 5.92 Å². The van der Waals surface area contributed by atoms with E-state index in [2.05, 4.69) is 15.4 Å². The van der Waals surface area contributed by atoms with Gasteiger partial charge in [-0.2, -0.15) is 0 Å². The first-order valence-electron chi connectivity index (χ1n) is 9.82. The fourth-order valence-corrected chi connectivity index (χ4v) is 3.01. The van der Waals surface area contributed by atoms with Crippen LogP contribution in [0.5, 0.6) is 0 Å². The molecule has 0 aromatic heterocycles. The molecule has 2 N–H and O–H groups in total. The summed E-state index contributed by atoms with van der Waals surface area (Å²) in [5.41, 5.74) is 2.60. The molecule has 0 aliphatic rings. The third-order valence-corrected chi connectivity index (χ3v) is 4.69. The minimum Gasteiger partial charge on any atom is -0.452 e. The summed E-state index contributed by atoms with van der Waals surface area (Å²) < 4.78 is 4.69. The summed E-state index contributed by atoms with van der Waals surface area (Å²) in [6.45, 7) is 5.86. The van der Waals surface area contributed by atoms with Gasteiger partial charge >= 0.3 is 6.09 Å². The lowest BCUT2D eigenvalue weighted by atomic mass is 10.0. The Hall–Kier alpha value is -3.35. The Morgan fingerprint density at radius 3 is 2.23 bits per heavy atom. The minimum absolute atomic E-state index is 0.217. The van der Waals surface area contributed by atoms with Crippen LogP contribution in [-0.2, 0) is 9.53 Å². The molecule has 30 heavy (non-hydrogen) atoms. The zero-order chi connectivity index (χ0) is 22.3. The van der Waals surface area contributed by atoms with E-state index in [0.29, 0.717) is 23.4 Å². The number of ether oxygens (including phenoxy) is 1. The van der Waals surface area contributed by atoms with Gasteiger partial charge < -0.3 is 15.4 Å². The summed E-state index contributed by atoms with van der Waals surface area (Å²) in [6, 6.07) is 13.4. The molecule has 0 saturated carbocycles. The molecule has 0 aliphatic carbocycles. The molecular weight excluding hydrogens is 382 g/mol. The van der Waals surface area contributed by atoms with Crippen LogP contribution in [0.2, 0.25) is 0 Å². The maximum absolute atomic E-state index is 12.9. The lowest BCUT2D eigenvalue weighted by Crippen LogP contribution is -2.44. The van der Waals surface area contributed by atoms with Crippen LogP contribution >= 0.6 is 0 Å².